The first-order valence-corrected chi connectivity index (χ1v) is 11.6. The van der Waals surface area contributed by atoms with Crippen LogP contribution in [0.4, 0.5) is 0 Å². The molecule has 2 heterocycles. The Morgan fingerprint density at radius 3 is 2.14 bits per heavy atom. The molecule has 0 aromatic heterocycles. The zero-order valence-electron chi connectivity index (χ0n) is 17.3. The molecule has 4 atom stereocenters. The van der Waals surface area contributed by atoms with Crippen LogP contribution in [-0.4, -0.2) is 59.2 Å². The quantitative estimate of drug-likeness (QED) is 0.568. The maximum Gasteiger partial charge on any atom is 0.240 e. The first kappa shape index (κ1) is 19.3. The number of imide groups is 1. The molecular formula is C23H33N3O3. The van der Waals surface area contributed by atoms with Gasteiger partial charge in [0.2, 0.25) is 17.7 Å². The van der Waals surface area contributed by atoms with Gasteiger partial charge in [0, 0.05) is 12.1 Å². The molecule has 5 aliphatic rings. The van der Waals surface area contributed by atoms with E-state index in [1.165, 1.54) is 43.4 Å². The van der Waals surface area contributed by atoms with Crippen LogP contribution in [0.2, 0.25) is 0 Å². The van der Waals surface area contributed by atoms with Gasteiger partial charge in [-0.25, -0.2) is 0 Å². The van der Waals surface area contributed by atoms with Crippen molar-refractivity contribution in [2.75, 3.05) is 26.2 Å². The molecule has 29 heavy (non-hydrogen) atoms. The van der Waals surface area contributed by atoms with Gasteiger partial charge in [0.25, 0.3) is 0 Å². The number of likely N-dealkylation sites (tertiary alicyclic amines) is 2. The molecule has 0 aromatic rings. The molecule has 0 radical (unpaired) electrons. The summed E-state index contributed by atoms with van der Waals surface area (Å²) in [6, 6.07) is 0. The van der Waals surface area contributed by atoms with E-state index in [0.29, 0.717) is 6.54 Å². The van der Waals surface area contributed by atoms with Gasteiger partial charge < -0.3 is 5.32 Å². The molecule has 0 spiro atoms. The summed E-state index contributed by atoms with van der Waals surface area (Å²) >= 11 is 0. The van der Waals surface area contributed by atoms with E-state index in [4.69, 9.17) is 0 Å². The third-order valence-electron chi connectivity index (χ3n) is 8.29. The largest absolute Gasteiger partial charge is 0.353 e. The first-order valence-electron chi connectivity index (χ1n) is 11.6. The van der Waals surface area contributed by atoms with E-state index >= 15 is 0 Å². The molecule has 6 heteroatoms. The Balaban J connectivity index is 1.21. The van der Waals surface area contributed by atoms with Crippen LogP contribution in [0.15, 0.2) is 12.2 Å². The molecule has 0 unspecified atom stereocenters. The summed E-state index contributed by atoms with van der Waals surface area (Å²) < 4.78 is 0. The molecule has 2 saturated heterocycles. The smallest absolute Gasteiger partial charge is 0.240 e. The highest BCUT2D eigenvalue weighted by molar-refractivity contribution is 6.08. The molecule has 1 N–H and O–H groups in total. The van der Waals surface area contributed by atoms with Crippen molar-refractivity contribution in [2.45, 2.75) is 63.3 Å². The minimum atomic E-state index is -0.219. The average molecular weight is 400 g/mol. The lowest BCUT2D eigenvalue weighted by Crippen LogP contribution is -2.58. The molecule has 5 rings (SSSR count). The molecule has 2 saturated carbocycles. The summed E-state index contributed by atoms with van der Waals surface area (Å²) in [5.74, 6) is -0.496. The van der Waals surface area contributed by atoms with Crippen molar-refractivity contribution in [1.29, 1.82) is 0 Å². The minimum Gasteiger partial charge on any atom is -0.353 e. The Labute approximate surface area is 173 Å². The summed E-state index contributed by atoms with van der Waals surface area (Å²) in [6.07, 6.45) is 14.9. The Morgan fingerprint density at radius 2 is 1.52 bits per heavy atom. The number of amides is 3. The lowest BCUT2D eigenvalue weighted by molar-refractivity contribution is -0.144. The van der Waals surface area contributed by atoms with Crippen molar-refractivity contribution in [1.82, 2.24) is 15.1 Å². The zero-order chi connectivity index (χ0) is 20.0. The molecule has 158 valence electrons. The van der Waals surface area contributed by atoms with E-state index in [9.17, 15) is 14.4 Å². The van der Waals surface area contributed by atoms with E-state index < -0.39 is 0 Å². The van der Waals surface area contributed by atoms with E-state index in [2.05, 4.69) is 22.4 Å². The van der Waals surface area contributed by atoms with E-state index in [1.54, 1.807) is 0 Å². The van der Waals surface area contributed by atoms with Crippen LogP contribution in [-0.2, 0) is 14.4 Å². The highest BCUT2D eigenvalue weighted by Crippen LogP contribution is 2.52. The number of piperidine rings is 1. The number of fused-ring (bicyclic) bond motifs is 5. The van der Waals surface area contributed by atoms with Gasteiger partial charge in [0.15, 0.2) is 0 Å². The first-order chi connectivity index (χ1) is 14.1. The summed E-state index contributed by atoms with van der Waals surface area (Å²) in [7, 11) is 0. The standard InChI is InChI=1S/C23H33N3O3/c27-18(14-26-21(28)19-16-7-8-17(13-16)20(19)22(26)29)24-15-23(9-3-1-4-10-23)25-11-5-2-6-12-25/h7-8,16-17,19-20H,1-6,9-15H2,(H,24,27)/t16-,17-,19+,20+/m0/s1. The van der Waals surface area contributed by atoms with Gasteiger partial charge in [-0.05, 0) is 57.0 Å². The minimum absolute atomic E-state index is 0.0624. The maximum absolute atomic E-state index is 12.8. The lowest BCUT2D eigenvalue weighted by atomic mass is 9.79. The van der Waals surface area contributed by atoms with Crippen LogP contribution in [0.1, 0.15) is 57.8 Å². The van der Waals surface area contributed by atoms with Gasteiger partial charge in [0.1, 0.15) is 6.54 Å². The van der Waals surface area contributed by atoms with Gasteiger partial charge in [-0.15, -0.1) is 0 Å². The molecule has 4 fully saturated rings. The monoisotopic (exact) mass is 399 g/mol. The second-order valence-corrected chi connectivity index (χ2v) is 9.87. The van der Waals surface area contributed by atoms with Crippen molar-refractivity contribution in [3.63, 3.8) is 0 Å². The van der Waals surface area contributed by atoms with Crippen molar-refractivity contribution < 1.29 is 14.4 Å². The van der Waals surface area contributed by atoms with Gasteiger partial charge in [-0.3, -0.25) is 24.2 Å². The summed E-state index contributed by atoms with van der Waals surface area (Å²) in [4.78, 5) is 42.3. The Morgan fingerprint density at radius 1 is 0.931 bits per heavy atom. The summed E-state index contributed by atoms with van der Waals surface area (Å²) in [5, 5.41) is 3.12. The van der Waals surface area contributed by atoms with E-state index in [1.807, 2.05) is 0 Å². The van der Waals surface area contributed by atoms with Gasteiger partial charge >= 0.3 is 0 Å². The van der Waals surface area contributed by atoms with Gasteiger partial charge in [-0.1, -0.05) is 37.8 Å². The average Bonchev–Trinajstić information content (AvgIpc) is 3.44. The second-order valence-electron chi connectivity index (χ2n) is 9.87. The highest BCUT2D eigenvalue weighted by atomic mass is 16.2. The number of nitrogens with one attached hydrogen (secondary N) is 1. The molecule has 3 amide bonds. The zero-order valence-corrected chi connectivity index (χ0v) is 17.3. The number of hydrogen-bond donors (Lipinski definition) is 1. The van der Waals surface area contributed by atoms with E-state index in [0.717, 1.165) is 32.4 Å². The third kappa shape index (κ3) is 3.24. The van der Waals surface area contributed by atoms with Crippen LogP contribution in [0.25, 0.3) is 0 Å². The van der Waals surface area contributed by atoms with Crippen molar-refractivity contribution in [2.24, 2.45) is 23.7 Å². The van der Waals surface area contributed by atoms with Crippen molar-refractivity contribution >= 4 is 17.7 Å². The molecule has 2 aliphatic heterocycles. The Kier molecular flexibility index (Phi) is 5.01. The number of nitrogens with zero attached hydrogens (tertiary/aromatic N) is 2. The highest BCUT2D eigenvalue weighted by Gasteiger charge is 2.59. The van der Waals surface area contributed by atoms with Crippen molar-refractivity contribution in [3.05, 3.63) is 12.2 Å². The molecule has 6 nitrogen and oxygen atoms in total. The number of allylic oxidation sites excluding steroid dienone is 2. The lowest BCUT2D eigenvalue weighted by Gasteiger charge is -2.48. The van der Waals surface area contributed by atoms with Crippen LogP contribution >= 0.6 is 0 Å². The number of carbonyl (C=O) groups is 3. The molecule has 3 aliphatic carbocycles. The number of hydrogen-bond acceptors (Lipinski definition) is 4. The summed E-state index contributed by atoms with van der Waals surface area (Å²) in [6.45, 7) is 2.78. The topological polar surface area (TPSA) is 69.7 Å². The van der Waals surface area contributed by atoms with Crippen LogP contribution in [0.3, 0.4) is 0 Å². The molecular weight excluding hydrogens is 366 g/mol. The van der Waals surface area contributed by atoms with E-state index in [-0.39, 0.29) is 53.5 Å². The maximum atomic E-state index is 12.8. The van der Waals surface area contributed by atoms with Crippen molar-refractivity contribution in [3.8, 4) is 0 Å². The van der Waals surface area contributed by atoms with Crippen LogP contribution < -0.4 is 5.32 Å². The fourth-order valence-electron chi connectivity index (χ4n) is 6.77. The second kappa shape index (κ2) is 7.53. The normalized spacial score (nSPS) is 35.9. The Bertz CT molecular complexity index is 691. The number of carbonyl (C=O) groups excluding carboxylic acids is 3. The van der Waals surface area contributed by atoms with Gasteiger partial charge in [0.05, 0.1) is 11.8 Å². The third-order valence-corrected chi connectivity index (χ3v) is 8.29. The van der Waals surface area contributed by atoms with Crippen LogP contribution in [0, 0.1) is 23.7 Å². The molecule has 0 aromatic carbocycles. The van der Waals surface area contributed by atoms with Crippen LogP contribution in [0.5, 0.6) is 0 Å². The SMILES string of the molecule is O=C(CN1C(=O)[C@H]2[C@H](C1=O)[C@H]1C=C[C@H]2C1)NCC1(N2CCCCC2)CCCCC1. The predicted molar refractivity (Wildman–Crippen MR) is 109 cm³/mol. The number of rotatable bonds is 5. The summed E-state index contributed by atoms with van der Waals surface area (Å²) in [5.41, 5.74) is 0.0624. The van der Waals surface area contributed by atoms with Gasteiger partial charge in [-0.2, -0.15) is 0 Å². The fraction of sp³-hybridized carbons (Fsp3) is 0.783. The predicted octanol–water partition coefficient (Wildman–Crippen LogP) is 2.10. The Hall–Kier alpha value is -1.69. The fourth-order valence-corrected chi connectivity index (χ4v) is 6.77. The molecule has 2 bridgehead atoms.